The summed E-state index contributed by atoms with van der Waals surface area (Å²) >= 11 is 0. The van der Waals surface area contributed by atoms with Gasteiger partial charge in [-0.15, -0.1) is 0 Å². The summed E-state index contributed by atoms with van der Waals surface area (Å²) in [5.74, 6) is 0.704. The van der Waals surface area contributed by atoms with Gasteiger partial charge in [0.1, 0.15) is 5.82 Å². The number of nitrogens with two attached hydrogens (primary N) is 1. The van der Waals surface area contributed by atoms with E-state index in [9.17, 15) is 4.79 Å². The van der Waals surface area contributed by atoms with Crippen LogP contribution in [-0.2, 0) is 9.53 Å². The highest BCUT2D eigenvalue weighted by Gasteiger charge is 2.21. The summed E-state index contributed by atoms with van der Waals surface area (Å²) in [6.07, 6.45) is 5.40. The number of nitrogens with one attached hydrogen (secondary N) is 1. The Hall–Kier alpha value is -3.32. The molecule has 168 valence electrons. The summed E-state index contributed by atoms with van der Waals surface area (Å²) in [5, 5.41) is 7.80. The van der Waals surface area contributed by atoms with Gasteiger partial charge in [0.2, 0.25) is 0 Å². The van der Waals surface area contributed by atoms with Gasteiger partial charge in [-0.3, -0.25) is 4.79 Å². The van der Waals surface area contributed by atoms with E-state index in [4.69, 9.17) is 15.6 Å². The monoisotopic (exact) mass is 433 g/mol. The fraction of sp³-hybridized carbons (Fsp3) is 0.360. The SMILES string of the molecule is C=C(/C=C(/N1CCOCC1)n1nc(-c2ccccc2)cc1C)NC(=O)C1=C(N)CCCC1. The highest BCUT2D eigenvalue weighted by Crippen LogP contribution is 2.24. The van der Waals surface area contributed by atoms with Crippen molar-refractivity contribution in [3.63, 3.8) is 0 Å². The van der Waals surface area contributed by atoms with Crippen molar-refractivity contribution in [2.75, 3.05) is 26.3 Å². The molecule has 1 aromatic carbocycles. The number of allylic oxidation sites excluding steroid dienone is 2. The average Bonchev–Trinajstić information content (AvgIpc) is 3.20. The van der Waals surface area contributed by atoms with Gasteiger partial charge in [0, 0.05) is 47.4 Å². The van der Waals surface area contributed by atoms with Crippen LogP contribution in [0, 0.1) is 6.92 Å². The number of aromatic nitrogens is 2. The van der Waals surface area contributed by atoms with E-state index in [0.717, 1.165) is 55.1 Å². The number of carbonyl (C=O) groups excluding carboxylic acids is 1. The summed E-state index contributed by atoms with van der Waals surface area (Å²) in [5.41, 5.74) is 10.9. The molecular weight excluding hydrogens is 402 g/mol. The Labute approximate surface area is 189 Å². The number of aryl methyl sites for hydroxylation is 1. The van der Waals surface area contributed by atoms with Crippen LogP contribution in [0.4, 0.5) is 0 Å². The minimum absolute atomic E-state index is 0.160. The van der Waals surface area contributed by atoms with Gasteiger partial charge in [-0.05, 0) is 38.7 Å². The number of nitrogens with zero attached hydrogens (tertiary/aromatic N) is 3. The minimum atomic E-state index is -0.160. The molecule has 0 spiro atoms. The molecule has 7 nitrogen and oxygen atoms in total. The topological polar surface area (TPSA) is 85.4 Å². The third-order valence-electron chi connectivity index (χ3n) is 5.87. The predicted octanol–water partition coefficient (Wildman–Crippen LogP) is 3.41. The first-order chi connectivity index (χ1) is 15.5. The molecule has 2 aromatic rings. The molecule has 0 bridgehead atoms. The summed E-state index contributed by atoms with van der Waals surface area (Å²) in [4.78, 5) is 15.0. The standard InChI is InChI=1S/C25H31N5O2/c1-18(27-25(31)21-10-6-7-11-22(21)26)16-24(29-12-14-32-15-13-29)30-19(2)17-23(28-30)20-8-4-3-5-9-20/h3-5,8-9,16-17H,1,6-7,10-15,26H2,2H3,(H,27,31)/b24-16-. The van der Waals surface area contributed by atoms with Gasteiger partial charge < -0.3 is 20.7 Å². The Bertz CT molecular complexity index is 1050. The number of hydrogen-bond acceptors (Lipinski definition) is 5. The molecule has 1 fully saturated rings. The van der Waals surface area contributed by atoms with Crippen molar-refractivity contribution in [1.82, 2.24) is 20.0 Å². The smallest absolute Gasteiger partial charge is 0.253 e. The van der Waals surface area contributed by atoms with E-state index < -0.39 is 0 Å². The molecule has 1 aromatic heterocycles. The van der Waals surface area contributed by atoms with Crippen LogP contribution in [0.15, 0.2) is 66.0 Å². The minimum Gasteiger partial charge on any atom is -0.402 e. The summed E-state index contributed by atoms with van der Waals surface area (Å²) < 4.78 is 7.46. The molecule has 0 atom stereocenters. The molecule has 32 heavy (non-hydrogen) atoms. The lowest BCUT2D eigenvalue weighted by Crippen LogP contribution is -2.37. The van der Waals surface area contributed by atoms with Crippen molar-refractivity contribution < 1.29 is 9.53 Å². The van der Waals surface area contributed by atoms with Crippen LogP contribution < -0.4 is 11.1 Å². The fourth-order valence-electron chi connectivity index (χ4n) is 4.14. The Morgan fingerprint density at radius 2 is 1.91 bits per heavy atom. The molecule has 0 radical (unpaired) electrons. The molecule has 2 heterocycles. The van der Waals surface area contributed by atoms with Crippen molar-refractivity contribution in [2.24, 2.45) is 5.73 Å². The number of morpholine rings is 1. The number of amides is 1. The third kappa shape index (κ3) is 4.94. The van der Waals surface area contributed by atoms with Crippen LogP contribution in [0.3, 0.4) is 0 Å². The highest BCUT2D eigenvalue weighted by molar-refractivity contribution is 5.95. The Balaban J connectivity index is 1.62. The Kier molecular flexibility index (Phi) is 6.75. The largest absolute Gasteiger partial charge is 0.402 e. The van der Waals surface area contributed by atoms with E-state index in [1.54, 1.807) is 0 Å². The molecule has 3 N–H and O–H groups in total. The second-order valence-corrected chi connectivity index (χ2v) is 8.24. The van der Waals surface area contributed by atoms with Crippen molar-refractivity contribution >= 4 is 11.7 Å². The Morgan fingerprint density at radius 1 is 1.19 bits per heavy atom. The van der Waals surface area contributed by atoms with Crippen LogP contribution in [-0.4, -0.2) is 46.9 Å². The number of benzene rings is 1. The molecule has 0 saturated carbocycles. The number of hydrogen-bond donors (Lipinski definition) is 2. The lowest BCUT2D eigenvalue weighted by atomic mass is 9.96. The maximum atomic E-state index is 12.8. The lowest BCUT2D eigenvalue weighted by molar-refractivity contribution is -0.117. The summed E-state index contributed by atoms with van der Waals surface area (Å²) in [7, 11) is 0. The maximum Gasteiger partial charge on any atom is 0.253 e. The number of rotatable bonds is 6. The maximum absolute atomic E-state index is 12.8. The van der Waals surface area contributed by atoms with Crippen LogP contribution in [0.2, 0.25) is 0 Å². The second-order valence-electron chi connectivity index (χ2n) is 8.24. The molecule has 1 aliphatic carbocycles. The van der Waals surface area contributed by atoms with Crippen molar-refractivity contribution in [2.45, 2.75) is 32.6 Å². The molecule has 1 saturated heterocycles. The summed E-state index contributed by atoms with van der Waals surface area (Å²) in [6.45, 7) is 8.90. The van der Waals surface area contributed by atoms with Crippen molar-refractivity contribution in [3.8, 4) is 11.3 Å². The van der Waals surface area contributed by atoms with Crippen LogP contribution >= 0.6 is 0 Å². The molecular formula is C25H31N5O2. The molecule has 0 unspecified atom stereocenters. The van der Waals surface area contributed by atoms with Crippen LogP contribution in [0.5, 0.6) is 0 Å². The predicted molar refractivity (Wildman–Crippen MR) is 126 cm³/mol. The average molecular weight is 434 g/mol. The van der Waals surface area contributed by atoms with Gasteiger partial charge in [-0.25, -0.2) is 4.68 Å². The molecule has 1 amide bonds. The van der Waals surface area contributed by atoms with Crippen molar-refractivity contribution in [3.05, 3.63) is 71.7 Å². The summed E-state index contributed by atoms with van der Waals surface area (Å²) in [6, 6.07) is 12.2. The van der Waals surface area contributed by atoms with Gasteiger partial charge in [0.15, 0.2) is 0 Å². The van der Waals surface area contributed by atoms with E-state index in [0.29, 0.717) is 36.6 Å². The van der Waals surface area contributed by atoms with Crippen LogP contribution in [0.1, 0.15) is 31.4 Å². The molecule has 7 heteroatoms. The number of ether oxygens (including phenoxy) is 1. The van der Waals surface area contributed by atoms with E-state index in [1.165, 1.54) is 0 Å². The third-order valence-corrected chi connectivity index (χ3v) is 5.87. The zero-order valence-corrected chi connectivity index (χ0v) is 18.6. The van der Waals surface area contributed by atoms with Gasteiger partial charge in [-0.2, -0.15) is 5.10 Å². The Morgan fingerprint density at radius 3 is 2.62 bits per heavy atom. The number of carbonyl (C=O) groups is 1. The van der Waals surface area contributed by atoms with E-state index in [2.05, 4.69) is 22.9 Å². The van der Waals surface area contributed by atoms with Crippen LogP contribution in [0.25, 0.3) is 17.1 Å². The van der Waals surface area contributed by atoms with Gasteiger partial charge >= 0.3 is 0 Å². The lowest BCUT2D eigenvalue weighted by Gasteiger charge is -2.31. The first kappa shape index (κ1) is 21.9. The highest BCUT2D eigenvalue weighted by atomic mass is 16.5. The van der Waals surface area contributed by atoms with Crippen molar-refractivity contribution in [1.29, 1.82) is 0 Å². The second kappa shape index (κ2) is 9.87. The first-order valence-electron chi connectivity index (χ1n) is 11.2. The van der Waals surface area contributed by atoms with E-state index in [1.807, 2.05) is 48.0 Å². The van der Waals surface area contributed by atoms with Gasteiger partial charge in [0.05, 0.1) is 18.9 Å². The molecule has 4 rings (SSSR count). The zero-order chi connectivity index (χ0) is 22.5. The van der Waals surface area contributed by atoms with Gasteiger partial charge in [-0.1, -0.05) is 36.9 Å². The first-order valence-corrected chi connectivity index (χ1v) is 11.2. The molecule has 2 aliphatic rings. The normalized spacial score (nSPS) is 17.4. The van der Waals surface area contributed by atoms with Gasteiger partial charge in [0.25, 0.3) is 5.91 Å². The quantitative estimate of drug-likeness (QED) is 0.682. The molecule has 1 aliphatic heterocycles. The van der Waals surface area contributed by atoms with E-state index >= 15 is 0 Å². The fourth-order valence-corrected chi connectivity index (χ4v) is 4.14. The zero-order valence-electron chi connectivity index (χ0n) is 18.6. The van der Waals surface area contributed by atoms with E-state index in [-0.39, 0.29) is 5.91 Å².